The number of hydrogen-bond acceptors (Lipinski definition) is 6. The normalized spacial score (nSPS) is 15.0. The van der Waals surface area contributed by atoms with Gasteiger partial charge in [-0.1, -0.05) is 31.4 Å². The molecule has 3 heterocycles. The summed E-state index contributed by atoms with van der Waals surface area (Å²) in [5, 5.41) is 13.5. The van der Waals surface area contributed by atoms with Crippen LogP contribution in [-0.2, 0) is 19.6 Å². The molecule has 0 saturated heterocycles. The van der Waals surface area contributed by atoms with Crippen molar-refractivity contribution < 1.29 is 4.42 Å². The minimum absolute atomic E-state index is 0.0211. The smallest absolute Gasteiger partial charge is 0.252 e. The average molecular weight is 447 g/mol. The van der Waals surface area contributed by atoms with Gasteiger partial charge in [-0.2, -0.15) is 0 Å². The number of aromatic nitrogens is 5. The number of hydrogen-bond donors (Lipinski definition) is 1. The summed E-state index contributed by atoms with van der Waals surface area (Å²) in [6, 6.07) is 10.4. The van der Waals surface area contributed by atoms with Crippen molar-refractivity contribution in [2.45, 2.75) is 71.6 Å². The lowest BCUT2D eigenvalue weighted by atomic mass is 9.93. The Morgan fingerprint density at radius 3 is 2.73 bits per heavy atom. The fourth-order valence-electron chi connectivity index (χ4n) is 4.91. The van der Waals surface area contributed by atoms with E-state index in [1.54, 1.807) is 10.9 Å². The van der Waals surface area contributed by atoms with Crippen LogP contribution in [-0.4, -0.2) is 36.1 Å². The van der Waals surface area contributed by atoms with Crippen LogP contribution in [0.1, 0.15) is 60.4 Å². The van der Waals surface area contributed by atoms with Gasteiger partial charge in [0.1, 0.15) is 12.3 Å². The topological polar surface area (TPSA) is 92.8 Å². The lowest BCUT2D eigenvalue weighted by Crippen LogP contribution is -2.38. The maximum Gasteiger partial charge on any atom is 0.252 e. The van der Waals surface area contributed by atoms with Crippen LogP contribution in [0.2, 0.25) is 0 Å². The van der Waals surface area contributed by atoms with E-state index in [4.69, 9.17) is 4.42 Å². The fraction of sp³-hybridized carbons (Fsp3) is 0.440. The third kappa shape index (κ3) is 4.61. The van der Waals surface area contributed by atoms with E-state index < -0.39 is 0 Å². The summed E-state index contributed by atoms with van der Waals surface area (Å²) in [7, 11) is 0. The summed E-state index contributed by atoms with van der Waals surface area (Å²) in [5.74, 6) is 1.59. The van der Waals surface area contributed by atoms with E-state index >= 15 is 0 Å². The lowest BCUT2D eigenvalue weighted by molar-refractivity contribution is 0.133. The first-order valence-corrected chi connectivity index (χ1v) is 11.7. The van der Waals surface area contributed by atoms with Gasteiger partial charge in [0.2, 0.25) is 0 Å². The molecule has 1 saturated carbocycles. The van der Waals surface area contributed by atoms with Crippen molar-refractivity contribution in [3.05, 3.63) is 75.2 Å². The number of nitrogens with zero attached hydrogens (tertiary/aromatic N) is 5. The summed E-state index contributed by atoms with van der Waals surface area (Å²) in [5.41, 5.74) is 3.94. The second-order valence-electron chi connectivity index (χ2n) is 9.14. The first-order valence-electron chi connectivity index (χ1n) is 11.7. The van der Waals surface area contributed by atoms with Gasteiger partial charge in [0, 0.05) is 23.5 Å². The van der Waals surface area contributed by atoms with Crippen molar-refractivity contribution >= 4 is 10.9 Å². The zero-order valence-electron chi connectivity index (χ0n) is 19.3. The third-order valence-electron chi connectivity index (χ3n) is 6.82. The van der Waals surface area contributed by atoms with Crippen molar-refractivity contribution in [1.82, 2.24) is 30.1 Å². The van der Waals surface area contributed by atoms with Gasteiger partial charge in [-0.15, -0.1) is 5.10 Å². The average Bonchev–Trinajstić information content (AvgIpc) is 3.50. The zero-order valence-corrected chi connectivity index (χ0v) is 19.3. The van der Waals surface area contributed by atoms with Crippen molar-refractivity contribution in [3.8, 4) is 0 Å². The molecule has 33 heavy (non-hydrogen) atoms. The Morgan fingerprint density at radius 2 is 1.94 bits per heavy atom. The minimum Gasteiger partial charge on any atom is -0.467 e. The van der Waals surface area contributed by atoms with Gasteiger partial charge in [0.25, 0.3) is 5.56 Å². The zero-order chi connectivity index (χ0) is 22.8. The number of pyridine rings is 1. The minimum atomic E-state index is -0.0211. The third-order valence-corrected chi connectivity index (χ3v) is 6.82. The molecule has 0 unspecified atom stereocenters. The molecule has 3 aromatic heterocycles. The number of rotatable bonds is 7. The Labute approximate surface area is 192 Å². The second kappa shape index (κ2) is 9.31. The Hall–Kier alpha value is -3.26. The maximum absolute atomic E-state index is 13.1. The number of aromatic amines is 1. The summed E-state index contributed by atoms with van der Waals surface area (Å²) >= 11 is 0. The van der Waals surface area contributed by atoms with E-state index in [-0.39, 0.29) is 5.56 Å². The lowest BCUT2D eigenvalue weighted by Gasteiger charge is -2.33. The number of aryl methyl sites for hydroxylation is 2. The maximum atomic E-state index is 13.1. The molecule has 0 radical (unpaired) electrons. The van der Waals surface area contributed by atoms with E-state index in [0.717, 1.165) is 46.5 Å². The van der Waals surface area contributed by atoms with Gasteiger partial charge in [-0.3, -0.25) is 9.69 Å². The Kier molecular flexibility index (Phi) is 6.09. The van der Waals surface area contributed by atoms with Crippen molar-refractivity contribution in [1.29, 1.82) is 0 Å². The molecule has 1 aliphatic carbocycles. The molecule has 4 aromatic rings. The van der Waals surface area contributed by atoms with Gasteiger partial charge in [-0.05, 0) is 66.4 Å². The van der Waals surface area contributed by atoms with Gasteiger partial charge in [0.15, 0.2) is 5.82 Å². The van der Waals surface area contributed by atoms with Crippen LogP contribution in [0.15, 0.2) is 45.8 Å². The van der Waals surface area contributed by atoms with Crippen LogP contribution >= 0.6 is 0 Å². The van der Waals surface area contributed by atoms with Crippen LogP contribution in [0.3, 0.4) is 0 Å². The van der Waals surface area contributed by atoms with Crippen LogP contribution in [0.5, 0.6) is 0 Å². The molecule has 0 spiro atoms. The predicted molar refractivity (Wildman–Crippen MR) is 126 cm³/mol. The molecule has 8 nitrogen and oxygen atoms in total. The second-order valence-corrected chi connectivity index (χ2v) is 9.14. The molecule has 0 bridgehead atoms. The Morgan fingerprint density at radius 1 is 1.12 bits per heavy atom. The molecule has 172 valence electrons. The largest absolute Gasteiger partial charge is 0.467 e. The van der Waals surface area contributed by atoms with Crippen LogP contribution in [0.25, 0.3) is 10.9 Å². The van der Waals surface area contributed by atoms with Crippen molar-refractivity contribution in [2.75, 3.05) is 0 Å². The standard InChI is InChI=1S/C25H30N6O2/c1-17-10-11-18(2)24-22(17)13-19(25(32)26-24)14-30(20-7-4-3-5-8-20)16-23-27-28-29-31(23)15-21-9-6-12-33-21/h6,9-13,20H,3-5,7-8,14-16H2,1-2H3,(H,26,32). The number of tetrazole rings is 1. The first kappa shape index (κ1) is 21.6. The highest BCUT2D eigenvalue weighted by Gasteiger charge is 2.25. The molecule has 1 aromatic carbocycles. The molecule has 1 fully saturated rings. The Balaban J connectivity index is 1.46. The predicted octanol–water partition coefficient (Wildman–Crippen LogP) is 4.11. The number of furan rings is 1. The van der Waals surface area contributed by atoms with Gasteiger partial charge >= 0.3 is 0 Å². The van der Waals surface area contributed by atoms with Gasteiger partial charge < -0.3 is 9.40 Å². The molecular formula is C25H30N6O2. The van der Waals surface area contributed by atoms with E-state index in [1.807, 2.05) is 19.1 Å². The number of fused-ring (bicyclic) bond motifs is 1. The van der Waals surface area contributed by atoms with E-state index in [0.29, 0.717) is 25.7 Å². The molecule has 5 rings (SSSR count). The summed E-state index contributed by atoms with van der Waals surface area (Å²) in [6.07, 6.45) is 7.61. The summed E-state index contributed by atoms with van der Waals surface area (Å²) < 4.78 is 7.27. The number of nitrogens with one attached hydrogen (secondary N) is 1. The number of benzene rings is 1. The van der Waals surface area contributed by atoms with Gasteiger partial charge in [-0.25, -0.2) is 4.68 Å². The van der Waals surface area contributed by atoms with E-state index in [2.05, 4.69) is 50.5 Å². The van der Waals surface area contributed by atoms with Crippen LogP contribution < -0.4 is 5.56 Å². The molecule has 0 atom stereocenters. The van der Waals surface area contributed by atoms with Crippen LogP contribution in [0, 0.1) is 13.8 Å². The van der Waals surface area contributed by atoms with Crippen molar-refractivity contribution in [3.63, 3.8) is 0 Å². The quantitative estimate of drug-likeness (QED) is 0.459. The number of H-pyrrole nitrogens is 1. The summed E-state index contributed by atoms with van der Waals surface area (Å²) in [6.45, 7) is 5.76. The summed E-state index contributed by atoms with van der Waals surface area (Å²) in [4.78, 5) is 18.6. The molecule has 1 N–H and O–H groups in total. The highest BCUT2D eigenvalue weighted by molar-refractivity contribution is 5.85. The molecule has 0 amide bonds. The van der Waals surface area contributed by atoms with Gasteiger partial charge in [0.05, 0.1) is 18.3 Å². The SMILES string of the molecule is Cc1ccc(C)c2[nH]c(=O)c(CN(Cc3nnnn3Cc3ccco3)C3CCCCC3)cc12. The van der Waals surface area contributed by atoms with E-state index in [1.165, 1.54) is 24.8 Å². The molecule has 1 aliphatic rings. The van der Waals surface area contributed by atoms with Crippen molar-refractivity contribution in [2.24, 2.45) is 0 Å². The fourth-order valence-corrected chi connectivity index (χ4v) is 4.91. The first-order chi connectivity index (χ1) is 16.1. The highest BCUT2D eigenvalue weighted by Crippen LogP contribution is 2.26. The Bertz CT molecular complexity index is 1280. The van der Waals surface area contributed by atoms with Crippen LogP contribution in [0.4, 0.5) is 0 Å². The molecule has 0 aliphatic heterocycles. The monoisotopic (exact) mass is 446 g/mol. The molecular weight excluding hydrogens is 416 g/mol. The molecule has 8 heteroatoms. The highest BCUT2D eigenvalue weighted by atomic mass is 16.3. The van der Waals surface area contributed by atoms with E-state index in [9.17, 15) is 4.79 Å².